The zero-order valence-electron chi connectivity index (χ0n) is 10.3. The first-order valence-corrected chi connectivity index (χ1v) is 5.60. The molecule has 0 aromatic heterocycles. The molecule has 0 aliphatic heterocycles. The van der Waals surface area contributed by atoms with Gasteiger partial charge in [-0.2, -0.15) is 0 Å². The average Bonchev–Trinajstić information content (AvgIpc) is 2.38. The molecule has 2 amide bonds. The summed E-state index contributed by atoms with van der Waals surface area (Å²) >= 11 is 0. The Kier molecular flexibility index (Phi) is 5.01. The minimum Gasteiger partial charge on any atom is -0.478 e. The van der Waals surface area contributed by atoms with Gasteiger partial charge in [0.2, 0.25) is 0 Å². The van der Waals surface area contributed by atoms with Gasteiger partial charge in [-0.15, -0.1) is 0 Å². The smallest absolute Gasteiger partial charge is 0.337 e. The molecule has 1 rings (SSSR count). The third-order valence-electron chi connectivity index (χ3n) is 2.34. The summed E-state index contributed by atoms with van der Waals surface area (Å²) in [6, 6.07) is 5.48. The van der Waals surface area contributed by atoms with E-state index in [4.69, 9.17) is 10.8 Å². The molecule has 19 heavy (non-hydrogen) atoms. The van der Waals surface area contributed by atoms with Crippen LogP contribution in [0.1, 0.15) is 17.3 Å². The van der Waals surface area contributed by atoms with Crippen molar-refractivity contribution < 1.29 is 19.5 Å². The van der Waals surface area contributed by atoms with Gasteiger partial charge in [-0.25, -0.2) is 4.79 Å². The molecule has 7 nitrogen and oxygen atoms in total. The van der Waals surface area contributed by atoms with Crippen molar-refractivity contribution in [2.45, 2.75) is 13.0 Å². The molecule has 1 unspecified atom stereocenters. The molecular weight excluding hydrogens is 250 g/mol. The lowest BCUT2D eigenvalue weighted by Crippen LogP contribution is -2.43. The third-order valence-corrected chi connectivity index (χ3v) is 2.34. The SMILES string of the molecule is CC(CN)NC(=O)C(=O)Nc1ccccc1C(=O)O. The molecule has 0 radical (unpaired) electrons. The number of para-hydroxylation sites is 1. The predicted octanol–water partition coefficient (Wildman–Crippen LogP) is -0.213. The number of rotatable bonds is 4. The maximum Gasteiger partial charge on any atom is 0.337 e. The first-order chi connectivity index (χ1) is 8.95. The zero-order valence-corrected chi connectivity index (χ0v) is 10.3. The van der Waals surface area contributed by atoms with Crippen LogP contribution >= 0.6 is 0 Å². The number of hydrogen-bond donors (Lipinski definition) is 4. The number of carbonyl (C=O) groups is 3. The lowest BCUT2D eigenvalue weighted by molar-refractivity contribution is -0.136. The van der Waals surface area contributed by atoms with E-state index in [2.05, 4.69) is 10.6 Å². The summed E-state index contributed by atoms with van der Waals surface area (Å²) in [5.41, 5.74) is 5.29. The van der Waals surface area contributed by atoms with Crippen molar-refractivity contribution in [2.24, 2.45) is 5.73 Å². The molecule has 0 saturated carbocycles. The first kappa shape index (κ1) is 14.7. The number of amides is 2. The molecule has 102 valence electrons. The Balaban J connectivity index is 2.77. The number of carboxylic acids is 1. The highest BCUT2D eigenvalue weighted by atomic mass is 16.4. The van der Waals surface area contributed by atoms with Gasteiger partial charge in [-0.05, 0) is 19.1 Å². The third kappa shape index (κ3) is 4.07. The van der Waals surface area contributed by atoms with Gasteiger partial charge in [-0.1, -0.05) is 12.1 Å². The van der Waals surface area contributed by atoms with Gasteiger partial charge < -0.3 is 21.5 Å². The quantitative estimate of drug-likeness (QED) is 0.561. The highest BCUT2D eigenvalue weighted by Gasteiger charge is 2.18. The van der Waals surface area contributed by atoms with Crippen molar-refractivity contribution in [3.05, 3.63) is 29.8 Å². The van der Waals surface area contributed by atoms with Crippen LogP contribution in [0.3, 0.4) is 0 Å². The van der Waals surface area contributed by atoms with Gasteiger partial charge in [-0.3, -0.25) is 9.59 Å². The molecule has 0 bridgehead atoms. The maximum atomic E-state index is 11.6. The van der Waals surface area contributed by atoms with Crippen LogP contribution in [-0.2, 0) is 9.59 Å². The van der Waals surface area contributed by atoms with Crippen molar-refractivity contribution >= 4 is 23.5 Å². The Morgan fingerprint density at radius 3 is 2.47 bits per heavy atom. The summed E-state index contributed by atoms with van der Waals surface area (Å²) < 4.78 is 0. The fourth-order valence-electron chi connectivity index (χ4n) is 1.31. The highest BCUT2D eigenvalue weighted by molar-refractivity contribution is 6.40. The largest absolute Gasteiger partial charge is 0.478 e. The second kappa shape index (κ2) is 6.50. The average molecular weight is 265 g/mol. The number of carbonyl (C=O) groups excluding carboxylic acids is 2. The van der Waals surface area contributed by atoms with Gasteiger partial charge in [0.15, 0.2) is 0 Å². The van der Waals surface area contributed by atoms with Crippen molar-refractivity contribution in [1.29, 1.82) is 0 Å². The summed E-state index contributed by atoms with van der Waals surface area (Å²) in [6.45, 7) is 1.85. The van der Waals surface area contributed by atoms with E-state index in [1.165, 1.54) is 18.2 Å². The number of nitrogens with one attached hydrogen (secondary N) is 2. The lowest BCUT2D eigenvalue weighted by atomic mass is 10.2. The Labute approximate surface area is 109 Å². The van der Waals surface area contributed by atoms with Crippen LogP contribution in [0.2, 0.25) is 0 Å². The van der Waals surface area contributed by atoms with Crippen molar-refractivity contribution in [2.75, 3.05) is 11.9 Å². The van der Waals surface area contributed by atoms with Crippen LogP contribution in [0.15, 0.2) is 24.3 Å². The van der Waals surface area contributed by atoms with E-state index in [1.807, 2.05) is 0 Å². The molecule has 5 N–H and O–H groups in total. The molecule has 1 aromatic rings. The number of anilines is 1. The number of aromatic carboxylic acids is 1. The summed E-state index contributed by atoms with van der Waals surface area (Å²) in [5, 5.41) is 13.6. The Morgan fingerprint density at radius 2 is 1.89 bits per heavy atom. The lowest BCUT2D eigenvalue weighted by Gasteiger charge is -2.12. The van der Waals surface area contributed by atoms with E-state index < -0.39 is 17.8 Å². The monoisotopic (exact) mass is 265 g/mol. The Morgan fingerprint density at radius 1 is 1.26 bits per heavy atom. The van der Waals surface area contributed by atoms with Crippen LogP contribution in [0.5, 0.6) is 0 Å². The molecule has 1 atom stereocenters. The molecule has 0 saturated heterocycles. The van der Waals surface area contributed by atoms with Crippen molar-refractivity contribution in [1.82, 2.24) is 5.32 Å². The summed E-state index contributed by atoms with van der Waals surface area (Å²) in [7, 11) is 0. The maximum absolute atomic E-state index is 11.6. The normalized spacial score (nSPS) is 11.5. The first-order valence-electron chi connectivity index (χ1n) is 5.60. The number of benzene rings is 1. The zero-order chi connectivity index (χ0) is 14.4. The molecule has 1 aromatic carbocycles. The summed E-state index contributed by atoms with van der Waals surface area (Å²) in [4.78, 5) is 34.0. The van der Waals surface area contributed by atoms with Crippen LogP contribution in [0.25, 0.3) is 0 Å². The van der Waals surface area contributed by atoms with Gasteiger partial charge in [0.1, 0.15) is 0 Å². The van der Waals surface area contributed by atoms with Crippen LogP contribution in [-0.4, -0.2) is 35.5 Å². The highest BCUT2D eigenvalue weighted by Crippen LogP contribution is 2.14. The Hall–Kier alpha value is -2.41. The second-order valence-corrected chi connectivity index (χ2v) is 3.92. The van der Waals surface area contributed by atoms with E-state index in [1.54, 1.807) is 13.0 Å². The van der Waals surface area contributed by atoms with Gasteiger partial charge in [0, 0.05) is 12.6 Å². The van der Waals surface area contributed by atoms with Crippen molar-refractivity contribution in [3.8, 4) is 0 Å². The molecule has 0 aliphatic rings. The molecular formula is C12H15N3O4. The number of carboxylic acid groups (broad SMARTS) is 1. The predicted molar refractivity (Wildman–Crippen MR) is 68.7 cm³/mol. The minimum absolute atomic E-state index is 0.0653. The van der Waals surface area contributed by atoms with E-state index in [9.17, 15) is 14.4 Å². The fraction of sp³-hybridized carbons (Fsp3) is 0.250. The summed E-state index contributed by atoms with van der Waals surface area (Å²) in [6.07, 6.45) is 0. The standard InChI is InChI=1S/C12H15N3O4/c1-7(6-13)14-10(16)11(17)15-9-5-3-2-4-8(9)12(18)19/h2-5,7H,6,13H2,1H3,(H,14,16)(H,15,17)(H,18,19). The number of nitrogens with two attached hydrogens (primary N) is 1. The molecule has 0 aliphatic carbocycles. The minimum atomic E-state index is -1.19. The number of hydrogen-bond acceptors (Lipinski definition) is 4. The summed E-state index contributed by atoms with van der Waals surface area (Å²) in [5.74, 6) is -2.99. The van der Waals surface area contributed by atoms with E-state index in [0.717, 1.165) is 0 Å². The van der Waals surface area contributed by atoms with Gasteiger partial charge >= 0.3 is 17.8 Å². The van der Waals surface area contributed by atoms with E-state index in [-0.39, 0.29) is 23.8 Å². The van der Waals surface area contributed by atoms with Crippen LogP contribution < -0.4 is 16.4 Å². The fourth-order valence-corrected chi connectivity index (χ4v) is 1.31. The Bertz CT molecular complexity index is 502. The van der Waals surface area contributed by atoms with Crippen LogP contribution in [0.4, 0.5) is 5.69 Å². The van der Waals surface area contributed by atoms with E-state index >= 15 is 0 Å². The van der Waals surface area contributed by atoms with Crippen molar-refractivity contribution in [3.63, 3.8) is 0 Å². The topological polar surface area (TPSA) is 122 Å². The van der Waals surface area contributed by atoms with E-state index in [0.29, 0.717) is 0 Å². The molecule has 0 fully saturated rings. The van der Waals surface area contributed by atoms with Crippen LogP contribution in [0, 0.1) is 0 Å². The molecule has 7 heteroatoms. The molecule has 0 heterocycles. The van der Waals surface area contributed by atoms with Gasteiger partial charge in [0.05, 0.1) is 11.3 Å². The van der Waals surface area contributed by atoms with Gasteiger partial charge in [0.25, 0.3) is 0 Å². The molecule has 0 spiro atoms. The second-order valence-electron chi connectivity index (χ2n) is 3.92.